The van der Waals surface area contributed by atoms with Gasteiger partial charge in [-0.15, -0.1) is 0 Å². The molecule has 5 nitrogen and oxygen atoms in total. The van der Waals surface area contributed by atoms with E-state index in [4.69, 9.17) is 16.7 Å². The van der Waals surface area contributed by atoms with E-state index in [1.807, 2.05) is 0 Å². The van der Waals surface area contributed by atoms with E-state index >= 15 is 0 Å². The number of carboxylic acids is 1. The van der Waals surface area contributed by atoms with Crippen molar-refractivity contribution in [3.63, 3.8) is 0 Å². The van der Waals surface area contributed by atoms with Gasteiger partial charge in [0, 0.05) is 9.92 Å². The minimum absolute atomic E-state index is 0. The fourth-order valence-corrected chi connectivity index (χ4v) is 1.58. The predicted molar refractivity (Wildman–Crippen MR) is 45.0 cm³/mol. The third kappa shape index (κ3) is 4.64. The van der Waals surface area contributed by atoms with E-state index in [9.17, 15) is 18.7 Å². The van der Waals surface area contributed by atoms with Crippen LogP contribution in [0, 0.1) is 0 Å². The minimum Gasteiger partial charge on any atom is -0.871 e. The molecular weight excluding hydrogens is 278 g/mol. The van der Waals surface area contributed by atoms with E-state index in [2.05, 4.69) is 0 Å². The summed E-state index contributed by atoms with van der Waals surface area (Å²) in [5.41, 5.74) is -0.339. The van der Waals surface area contributed by atoms with Gasteiger partial charge >= 0.3 is 65.1 Å². The zero-order chi connectivity index (χ0) is 10.9. The Bertz CT molecular complexity index is 425. The van der Waals surface area contributed by atoms with Crippen LogP contribution in [0.5, 0.6) is 5.75 Å². The fourth-order valence-electron chi connectivity index (χ4n) is 0.815. The number of hydrogen-bond donors (Lipinski definition) is 1. The third-order valence-electron chi connectivity index (χ3n) is 1.44. The van der Waals surface area contributed by atoms with Crippen LogP contribution in [-0.2, 0) is 11.1 Å². The SMILES string of the molecule is O=C(O)c1cc(Cl)c([O-])c(S(=O)[O-])c1.[Na+].[Na+]. The van der Waals surface area contributed by atoms with Gasteiger partial charge in [0.2, 0.25) is 0 Å². The third-order valence-corrected chi connectivity index (χ3v) is 2.38. The minimum atomic E-state index is -2.79. The van der Waals surface area contributed by atoms with Crippen molar-refractivity contribution in [2.45, 2.75) is 4.90 Å². The largest absolute Gasteiger partial charge is 1.00 e. The number of halogens is 1. The van der Waals surface area contributed by atoms with Gasteiger partial charge in [0.15, 0.2) is 0 Å². The quantitative estimate of drug-likeness (QED) is 0.430. The first-order chi connectivity index (χ1) is 6.43. The average molecular weight is 281 g/mol. The number of carboxylic acid groups (broad SMARTS) is 1. The number of benzene rings is 1. The standard InChI is InChI=1S/C7H5ClO5S.2Na/c8-4-1-3(7(10)11)2-5(6(4)9)14(12)13;;/h1-2,9H,(H,10,11)(H,12,13);;/q;2*+1/p-2. The summed E-state index contributed by atoms with van der Waals surface area (Å²) in [6, 6.07) is 1.67. The molecule has 1 N–H and O–H groups in total. The van der Waals surface area contributed by atoms with Crippen LogP contribution in [0.1, 0.15) is 10.4 Å². The molecule has 0 aliphatic carbocycles. The van der Waals surface area contributed by atoms with E-state index in [1.54, 1.807) is 0 Å². The molecule has 0 fully saturated rings. The second-order valence-electron chi connectivity index (χ2n) is 2.33. The van der Waals surface area contributed by atoms with Gasteiger partial charge in [-0.25, -0.2) is 4.79 Å². The molecule has 1 aromatic rings. The molecule has 0 bridgehead atoms. The molecule has 1 aromatic carbocycles. The summed E-state index contributed by atoms with van der Waals surface area (Å²) in [6.45, 7) is 0. The first-order valence-electron chi connectivity index (χ1n) is 3.26. The zero-order valence-electron chi connectivity index (χ0n) is 8.52. The Kier molecular flexibility index (Phi) is 9.71. The van der Waals surface area contributed by atoms with Crippen molar-refractivity contribution >= 4 is 28.7 Å². The number of hydrogen-bond acceptors (Lipinski definition) is 4. The Balaban J connectivity index is 0. The number of carbonyl (C=O) groups is 1. The maximum Gasteiger partial charge on any atom is 1.00 e. The van der Waals surface area contributed by atoms with Crippen LogP contribution in [0.15, 0.2) is 17.0 Å². The van der Waals surface area contributed by atoms with Crippen LogP contribution >= 0.6 is 11.6 Å². The molecule has 0 saturated heterocycles. The van der Waals surface area contributed by atoms with Crippen LogP contribution in [0.25, 0.3) is 0 Å². The molecule has 0 saturated carbocycles. The van der Waals surface area contributed by atoms with Crippen LogP contribution < -0.4 is 64.2 Å². The summed E-state index contributed by atoms with van der Waals surface area (Å²) in [4.78, 5) is 9.83. The van der Waals surface area contributed by atoms with Gasteiger partial charge in [0.25, 0.3) is 0 Å². The van der Waals surface area contributed by atoms with Crippen molar-refractivity contribution in [3.05, 3.63) is 22.7 Å². The smallest absolute Gasteiger partial charge is 0.871 e. The summed E-state index contributed by atoms with van der Waals surface area (Å²) < 4.78 is 21.0. The van der Waals surface area contributed by atoms with E-state index < -0.39 is 32.7 Å². The van der Waals surface area contributed by atoms with Crippen molar-refractivity contribution < 1.29 is 82.9 Å². The molecule has 1 rings (SSSR count). The molecule has 0 spiro atoms. The molecule has 1 atom stereocenters. The first-order valence-corrected chi connectivity index (χ1v) is 4.72. The van der Waals surface area contributed by atoms with Crippen molar-refractivity contribution in [3.8, 4) is 5.75 Å². The molecular formula is C7H3ClNa2O5S. The fraction of sp³-hybridized carbons (Fsp3) is 0. The van der Waals surface area contributed by atoms with Gasteiger partial charge in [0.05, 0.1) is 5.56 Å². The van der Waals surface area contributed by atoms with E-state index in [0.29, 0.717) is 0 Å². The Hall–Kier alpha value is 0.890. The van der Waals surface area contributed by atoms with Crippen LogP contribution in [0.4, 0.5) is 0 Å². The average Bonchev–Trinajstić information content (AvgIpc) is 2.08. The molecule has 0 amide bonds. The van der Waals surface area contributed by atoms with Gasteiger partial charge in [-0.2, -0.15) is 0 Å². The second-order valence-corrected chi connectivity index (χ2v) is 3.64. The molecule has 16 heavy (non-hydrogen) atoms. The van der Waals surface area contributed by atoms with Crippen LogP contribution in [0.2, 0.25) is 5.02 Å². The molecule has 0 heterocycles. The van der Waals surface area contributed by atoms with Gasteiger partial charge in [-0.1, -0.05) is 17.4 Å². The predicted octanol–water partition coefficient (Wildman–Crippen LogP) is -5.64. The monoisotopic (exact) mass is 280 g/mol. The molecule has 0 aliphatic heterocycles. The second kappa shape index (κ2) is 8.07. The molecule has 9 heteroatoms. The number of rotatable bonds is 2. The van der Waals surface area contributed by atoms with Crippen molar-refractivity contribution in [2.75, 3.05) is 0 Å². The van der Waals surface area contributed by atoms with Crippen molar-refractivity contribution in [2.24, 2.45) is 0 Å². The maximum atomic E-state index is 11.1. The summed E-state index contributed by atoms with van der Waals surface area (Å²) in [5, 5.41) is 19.2. The number of aromatic carboxylic acids is 1. The maximum absolute atomic E-state index is 11.1. The van der Waals surface area contributed by atoms with Gasteiger partial charge in [-0.3, -0.25) is 4.21 Å². The first kappa shape index (κ1) is 19.2. The van der Waals surface area contributed by atoms with Gasteiger partial charge in [0.1, 0.15) is 0 Å². The summed E-state index contributed by atoms with van der Waals surface area (Å²) >= 11 is 2.57. The van der Waals surface area contributed by atoms with Crippen LogP contribution in [0.3, 0.4) is 0 Å². The Morgan fingerprint density at radius 1 is 1.38 bits per heavy atom. The molecule has 0 aliphatic rings. The van der Waals surface area contributed by atoms with Crippen molar-refractivity contribution in [1.82, 2.24) is 0 Å². The van der Waals surface area contributed by atoms with E-state index in [1.165, 1.54) is 0 Å². The Morgan fingerprint density at radius 3 is 2.25 bits per heavy atom. The molecule has 0 radical (unpaired) electrons. The summed E-state index contributed by atoms with van der Waals surface area (Å²) in [6.07, 6.45) is 0. The normalized spacial score (nSPS) is 10.9. The molecule has 1 unspecified atom stereocenters. The van der Waals surface area contributed by atoms with Crippen molar-refractivity contribution in [1.29, 1.82) is 0 Å². The Morgan fingerprint density at radius 2 is 1.88 bits per heavy atom. The Labute approximate surface area is 143 Å². The topological polar surface area (TPSA) is 100 Å². The van der Waals surface area contributed by atoms with Crippen LogP contribution in [-0.4, -0.2) is 19.8 Å². The molecule has 76 valence electrons. The van der Waals surface area contributed by atoms with E-state index in [-0.39, 0.29) is 64.7 Å². The summed E-state index contributed by atoms with van der Waals surface area (Å²) in [5.74, 6) is -2.25. The van der Waals surface area contributed by atoms with E-state index in [0.717, 1.165) is 12.1 Å². The molecule has 0 aromatic heterocycles. The summed E-state index contributed by atoms with van der Waals surface area (Å²) in [7, 11) is 0. The van der Waals surface area contributed by atoms with Gasteiger partial charge < -0.3 is 14.8 Å². The zero-order valence-corrected chi connectivity index (χ0v) is 14.1. The van der Waals surface area contributed by atoms with Gasteiger partial charge in [-0.05, 0) is 23.2 Å².